The molecule has 2 N–H and O–H groups in total. The summed E-state index contributed by atoms with van der Waals surface area (Å²) < 4.78 is 0. The maximum Gasteiger partial charge on any atom is 0.329 e. The van der Waals surface area contributed by atoms with Crippen LogP contribution in [0, 0.1) is 0 Å². The van der Waals surface area contributed by atoms with Gasteiger partial charge in [-0.1, -0.05) is 23.7 Å². The highest BCUT2D eigenvalue weighted by atomic mass is 35.5. The van der Waals surface area contributed by atoms with Gasteiger partial charge in [-0.3, -0.25) is 9.59 Å². The summed E-state index contributed by atoms with van der Waals surface area (Å²) >= 11 is 12.0. The summed E-state index contributed by atoms with van der Waals surface area (Å²) in [4.78, 5) is 37.1. The summed E-state index contributed by atoms with van der Waals surface area (Å²) in [6.07, 6.45) is 0.274. The minimum atomic E-state index is -1.41. The van der Waals surface area contributed by atoms with Crippen LogP contribution in [0.4, 0.5) is 0 Å². The molecule has 1 unspecified atom stereocenters. The second kappa shape index (κ2) is 7.40. The van der Waals surface area contributed by atoms with Crippen molar-refractivity contribution in [2.75, 3.05) is 13.1 Å². The predicted molar refractivity (Wildman–Crippen MR) is 90.0 cm³/mol. The molecule has 1 saturated heterocycles. The Kier molecular flexibility index (Phi) is 5.72. The van der Waals surface area contributed by atoms with Crippen molar-refractivity contribution < 1.29 is 19.5 Å². The first-order chi connectivity index (χ1) is 11.2. The number of benzene rings is 1. The van der Waals surface area contributed by atoms with Crippen molar-refractivity contribution in [3.63, 3.8) is 0 Å². The van der Waals surface area contributed by atoms with Crippen LogP contribution in [-0.4, -0.2) is 46.4 Å². The zero-order chi connectivity index (χ0) is 17.9. The summed E-state index contributed by atoms with van der Waals surface area (Å²) in [5.41, 5.74) is -0.886. The Hall–Kier alpha value is -1.79. The number of likely N-dealkylation sites (tertiary alicyclic amines) is 1. The van der Waals surface area contributed by atoms with Crippen LogP contribution in [-0.2, 0) is 14.4 Å². The largest absolute Gasteiger partial charge is 0.480 e. The standard InChI is InChI=1S/C16H18Cl2N2O4/c1-10(21)20-8-6-16(7-9-20,15(23)24)19-14(22)13(18)11-2-4-12(17)5-3-11/h2-5,13H,6-9H2,1H3,(H,19,22)(H,23,24). The fraction of sp³-hybridized carbons (Fsp3) is 0.438. The Bertz CT molecular complexity index is 640. The molecule has 1 heterocycles. The van der Waals surface area contributed by atoms with Crippen LogP contribution in [0.3, 0.4) is 0 Å². The molecule has 0 aliphatic carbocycles. The summed E-state index contributed by atoms with van der Waals surface area (Å²) in [5.74, 6) is -1.83. The van der Waals surface area contributed by atoms with E-state index in [0.29, 0.717) is 10.6 Å². The Labute approximate surface area is 149 Å². The normalized spacial score (nSPS) is 17.9. The number of carbonyl (C=O) groups is 3. The van der Waals surface area contributed by atoms with Crippen LogP contribution < -0.4 is 5.32 Å². The van der Waals surface area contributed by atoms with Gasteiger partial charge in [0.25, 0.3) is 0 Å². The Morgan fingerprint density at radius 2 is 1.75 bits per heavy atom. The summed E-state index contributed by atoms with van der Waals surface area (Å²) in [5, 5.41) is 11.6. The van der Waals surface area contributed by atoms with Gasteiger partial charge in [0.05, 0.1) is 0 Å². The van der Waals surface area contributed by atoms with Crippen LogP contribution in [0.25, 0.3) is 0 Å². The van der Waals surface area contributed by atoms with E-state index in [1.807, 2.05) is 0 Å². The van der Waals surface area contributed by atoms with Gasteiger partial charge >= 0.3 is 5.97 Å². The second-order valence-electron chi connectivity index (χ2n) is 5.80. The lowest BCUT2D eigenvalue weighted by molar-refractivity contribution is -0.151. The van der Waals surface area contributed by atoms with Gasteiger partial charge in [0, 0.05) is 25.0 Å². The van der Waals surface area contributed by atoms with E-state index in [-0.39, 0.29) is 31.8 Å². The summed E-state index contributed by atoms with van der Waals surface area (Å²) in [6.45, 7) is 1.98. The number of carbonyl (C=O) groups excluding carboxylic acids is 2. The van der Waals surface area contributed by atoms with Crippen molar-refractivity contribution in [2.45, 2.75) is 30.7 Å². The maximum atomic E-state index is 12.4. The van der Waals surface area contributed by atoms with Crippen LogP contribution in [0.5, 0.6) is 0 Å². The first-order valence-electron chi connectivity index (χ1n) is 7.46. The van der Waals surface area contributed by atoms with Crippen LogP contribution in [0.1, 0.15) is 30.7 Å². The number of piperidine rings is 1. The molecule has 130 valence electrons. The molecule has 1 aliphatic rings. The third-order valence-corrected chi connectivity index (χ3v) is 4.93. The number of aliphatic carboxylic acids is 1. The topological polar surface area (TPSA) is 86.7 Å². The Morgan fingerprint density at radius 3 is 2.21 bits per heavy atom. The number of rotatable bonds is 4. The number of carboxylic acids is 1. The van der Waals surface area contributed by atoms with Gasteiger partial charge in [-0.25, -0.2) is 4.79 Å². The number of hydrogen-bond acceptors (Lipinski definition) is 3. The number of hydrogen-bond donors (Lipinski definition) is 2. The lowest BCUT2D eigenvalue weighted by Gasteiger charge is -2.39. The molecule has 24 heavy (non-hydrogen) atoms. The highest BCUT2D eigenvalue weighted by Crippen LogP contribution is 2.27. The van der Waals surface area contributed by atoms with E-state index in [2.05, 4.69) is 5.32 Å². The molecular formula is C16H18Cl2N2O4. The van der Waals surface area contributed by atoms with Gasteiger partial charge in [-0.15, -0.1) is 11.6 Å². The predicted octanol–water partition coefficient (Wildman–Crippen LogP) is 2.20. The monoisotopic (exact) mass is 372 g/mol. The van der Waals surface area contributed by atoms with Crippen molar-refractivity contribution in [2.24, 2.45) is 0 Å². The number of nitrogens with zero attached hydrogens (tertiary/aromatic N) is 1. The number of carboxylic acid groups (broad SMARTS) is 1. The molecule has 0 saturated carbocycles. The van der Waals surface area contributed by atoms with Crippen molar-refractivity contribution in [1.29, 1.82) is 0 Å². The highest BCUT2D eigenvalue weighted by Gasteiger charge is 2.44. The molecule has 2 amide bonds. The lowest BCUT2D eigenvalue weighted by Crippen LogP contribution is -2.61. The minimum Gasteiger partial charge on any atom is -0.480 e. The minimum absolute atomic E-state index is 0.114. The van der Waals surface area contributed by atoms with E-state index >= 15 is 0 Å². The molecule has 1 atom stereocenters. The van der Waals surface area contributed by atoms with E-state index in [0.717, 1.165) is 0 Å². The number of nitrogens with one attached hydrogen (secondary N) is 1. The van der Waals surface area contributed by atoms with Crippen LogP contribution >= 0.6 is 23.2 Å². The summed E-state index contributed by atoms with van der Waals surface area (Å²) in [7, 11) is 0. The van der Waals surface area contributed by atoms with Crippen molar-refractivity contribution in [1.82, 2.24) is 10.2 Å². The van der Waals surface area contributed by atoms with Crippen molar-refractivity contribution >= 4 is 41.0 Å². The second-order valence-corrected chi connectivity index (χ2v) is 6.67. The molecule has 8 heteroatoms. The first kappa shape index (κ1) is 18.5. The molecule has 0 aromatic heterocycles. The van der Waals surface area contributed by atoms with Gasteiger partial charge in [0.2, 0.25) is 11.8 Å². The average molecular weight is 373 g/mol. The molecular weight excluding hydrogens is 355 g/mol. The van der Waals surface area contributed by atoms with E-state index in [4.69, 9.17) is 23.2 Å². The zero-order valence-corrected chi connectivity index (χ0v) is 14.6. The molecule has 0 spiro atoms. The first-order valence-corrected chi connectivity index (χ1v) is 8.27. The van der Waals surface area contributed by atoms with E-state index < -0.39 is 22.8 Å². The number of amides is 2. The molecule has 0 bridgehead atoms. The molecule has 1 aromatic carbocycles. The van der Waals surface area contributed by atoms with Crippen molar-refractivity contribution in [3.05, 3.63) is 34.9 Å². The Balaban J connectivity index is 2.10. The molecule has 2 rings (SSSR count). The highest BCUT2D eigenvalue weighted by molar-refractivity contribution is 6.32. The third kappa shape index (κ3) is 3.99. The summed E-state index contributed by atoms with van der Waals surface area (Å²) in [6, 6.07) is 6.45. The molecule has 1 aliphatic heterocycles. The van der Waals surface area contributed by atoms with E-state index in [9.17, 15) is 19.5 Å². The molecule has 0 radical (unpaired) electrons. The van der Waals surface area contributed by atoms with Gasteiger partial charge < -0.3 is 15.3 Å². The zero-order valence-electron chi connectivity index (χ0n) is 13.1. The quantitative estimate of drug-likeness (QED) is 0.793. The van der Waals surface area contributed by atoms with E-state index in [1.54, 1.807) is 29.2 Å². The fourth-order valence-electron chi connectivity index (χ4n) is 2.68. The smallest absolute Gasteiger partial charge is 0.329 e. The maximum absolute atomic E-state index is 12.4. The van der Waals surface area contributed by atoms with Gasteiger partial charge in [0.1, 0.15) is 10.9 Å². The number of halogens is 2. The van der Waals surface area contributed by atoms with E-state index in [1.165, 1.54) is 6.92 Å². The number of alkyl halides is 1. The molecule has 1 fully saturated rings. The molecule has 6 nitrogen and oxygen atoms in total. The van der Waals surface area contributed by atoms with Gasteiger partial charge in [-0.2, -0.15) is 0 Å². The Morgan fingerprint density at radius 1 is 1.21 bits per heavy atom. The molecule has 1 aromatic rings. The average Bonchev–Trinajstić information content (AvgIpc) is 2.55. The van der Waals surface area contributed by atoms with Crippen LogP contribution in [0.2, 0.25) is 5.02 Å². The van der Waals surface area contributed by atoms with Gasteiger partial charge in [0.15, 0.2) is 0 Å². The third-order valence-electron chi connectivity index (χ3n) is 4.23. The SMILES string of the molecule is CC(=O)N1CCC(NC(=O)C(Cl)c2ccc(Cl)cc2)(C(=O)O)CC1. The van der Waals surface area contributed by atoms with Crippen molar-refractivity contribution in [3.8, 4) is 0 Å². The fourth-order valence-corrected chi connectivity index (χ4v) is 3.00. The van der Waals surface area contributed by atoms with Gasteiger partial charge in [-0.05, 0) is 30.5 Å². The van der Waals surface area contributed by atoms with Crippen LogP contribution in [0.15, 0.2) is 24.3 Å². The lowest BCUT2D eigenvalue weighted by atomic mass is 9.87.